The normalized spacial score (nSPS) is 17.9. The highest BCUT2D eigenvalue weighted by atomic mass is 16.5. The van der Waals surface area contributed by atoms with E-state index in [4.69, 9.17) is 4.74 Å². The lowest BCUT2D eigenvalue weighted by atomic mass is 9.97. The molecule has 8 heteroatoms. The number of hydrogen-bond donors (Lipinski definition) is 0. The minimum atomic E-state index is -0.137. The summed E-state index contributed by atoms with van der Waals surface area (Å²) >= 11 is 0. The lowest BCUT2D eigenvalue weighted by molar-refractivity contribution is -0.130. The molecule has 1 unspecified atom stereocenters. The quantitative estimate of drug-likeness (QED) is 0.564. The van der Waals surface area contributed by atoms with Crippen LogP contribution in [-0.2, 0) is 9.53 Å². The summed E-state index contributed by atoms with van der Waals surface area (Å²) in [5, 5.41) is 0.914. The number of ether oxygens (including phenoxy) is 1. The Labute approximate surface area is 210 Å². The van der Waals surface area contributed by atoms with Crippen LogP contribution in [0.25, 0.3) is 27.7 Å². The van der Waals surface area contributed by atoms with E-state index < -0.39 is 0 Å². The highest BCUT2D eigenvalue weighted by molar-refractivity contribution is 6.11. The number of nitrogens with zero attached hydrogens (tertiary/aromatic N) is 5. The average Bonchev–Trinajstić information content (AvgIpc) is 2.91. The number of piperazine rings is 1. The van der Waals surface area contributed by atoms with Crippen LogP contribution in [0.1, 0.15) is 34.8 Å². The molecule has 1 saturated heterocycles. The van der Waals surface area contributed by atoms with Crippen molar-refractivity contribution in [1.82, 2.24) is 19.8 Å². The fourth-order valence-electron chi connectivity index (χ4n) is 4.77. The molecule has 3 aromatic rings. The second kappa shape index (κ2) is 9.99. The van der Waals surface area contributed by atoms with Crippen molar-refractivity contribution in [2.75, 3.05) is 33.3 Å². The number of carbonyl (C=O) groups is 2. The summed E-state index contributed by atoms with van der Waals surface area (Å²) in [7, 11) is 1.66. The number of dihydropyridines is 1. The van der Waals surface area contributed by atoms with Gasteiger partial charge in [-0.25, -0.2) is 9.97 Å². The summed E-state index contributed by atoms with van der Waals surface area (Å²) < 4.78 is 5.31. The molecule has 36 heavy (non-hydrogen) atoms. The zero-order valence-corrected chi connectivity index (χ0v) is 20.8. The number of aliphatic imine (C=N–C) groups is 1. The zero-order chi connectivity index (χ0) is 25.2. The number of aryl methyl sites for hydroxylation is 1. The summed E-state index contributed by atoms with van der Waals surface area (Å²) in [6.45, 7) is 5.73. The van der Waals surface area contributed by atoms with E-state index in [0.29, 0.717) is 31.7 Å². The van der Waals surface area contributed by atoms with Crippen molar-refractivity contribution in [3.05, 3.63) is 65.5 Å². The second-order valence-electron chi connectivity index (χ2n) is 9.20. The number of methoxy groups -OCH3 is 1. The zero-order valence-electron chi connectivity index (χ0n) is 20.8. The third-order valence-corrected chi connectivity index (χ3v) is 6.77. The van der Waals surface area contributed by atoms with E-state index >= 15 is 0 Å². The Hall–Kier alpha value is -3.91. The van der Waals surface area contributed by atoms with Gasteiger partial charge in [0.25, 0.3) is 5.91 Å². The molecule has 1 atom stereocenters. The first-order valence-corrected chi connectivity index (χ1v) is 12.1. The fraction of sp³-hybridized carbons (Fsp3) is 0.321. The molecule has 184 valence electrons. The SMILES string of the molecule is COC1CC=C(c2ccc3ncnc(-c4cc(C)cc(C(=O)N5CCN(C(C)=O)CC5)c4)c3c2)C=N1. The monoisotopic (exact) mass is 483 g/mol. The smallest absolute Gasteiger partial charge is 0.254 e. The van der Waals surface area contributed by atoms with Gasteiger partial charge in [-0.1, -0.05) is 12.1 Å². The molecule has 0 radical (unpaired) electrons. The molecule has 1 aromatic heterocycles. The number of fused-ring (bicyclic) bond motifs is 1. The Bertz CT molecular complexity index is 1390. The van der Waals surface area contributed by atoms with E-state index in [1.54, 1.807) is 25.3 Å². The van der Waals surface area contributed by atoms with Crippen LogP contribution >= 0.6 is 0 Å². The predicted molar refractivity (Wildman–Crippen MR) is 140 cm³/mol. The molecule has 1 fully saturated rings. The largest absolute Gasteiger partial charge is 0.359 e. The number of benzene rings is 2. The van der Waals surface area contributed by atoms with Crippen molar-refractivity contribution in [2.45, 2.75) is 26.5 Å². The molecule has 0 saturated carbocycles. The van der Waals surface area contributed by atoms with Crippen LogP contribution in [0.5, 0.6) is 0 Å². The fourth-order valence-corrected chi connectivity index (χ4v) is 4.77. The van der Waals surface area contributed by atoms with Crippen molar-refractivity contribution in [1.29, 1.82) is 0 Å². The summed E-state index contributed by atoms with van der Waals surface area (Å²) in [5.74, 6) is 0.0159. The molecule has 2 aliphatic heterocycles. The van der Waals surface area contributed by atoms with E-state index in [-0.39, 0.29) is 18.0 Å². The number of allylic oxidation sites excluding steroid dienone is 1. The maximum Gasteiger partial charge on any atom is 0.254 e. The molecule has 0 aliphatic carbocycles. The molecular weight excluding hydrogens is 454 g/mol. The maximum absolute atomic E-state index is 13.3. The Kier molecular flexibility index (Phi) is 6.61. The number of aromatic nitrogens is 2. The van der Waals surface area contributed by atoms with Crippen molar-refractivity contribution in [3.8, 4) is 11.3 Å². The molecule has 0 N–H and O–H groups in total. The van der Waals surface area contributed by atoms with Crippen molar-refractivity contribution < 1.29 is 14.3 Å². The van der Waals surface area contributed by atoms with Gasteiger partial charge < -0.3 is 14.5 Å². The van der Waals surface area contributed by atoms with Crippen molar-refractivity contribution >= 4 is 34.5 Å². The lowest BCUT2D eigenvalue weighted by Crippen LogP contribution is -2.50. The molecule has 0 spiro atoms. The minimum Gasteiger partial charge on any atom is -0.359 e. The maximum atomic E-state index is 13.3. The first-order chi connectivity index (χ1) is 17.4. The molecule has 2 aliphatic rings. The van der Waals surface area contributed by atoms with E-state index in [9.17, 15) is 9.59 Å². The summed E-state index contributed by atoms with van der Waals surface area (Å²) in [5.41, 5.74) is 6.15. The van der Waals surface area contributed by atoms with Crippen LogP contribution in [0.15, 0.2) is 53.8 Å². The second-order valence-corrected chi connectivity index (χ2v) is 9.20. The van der Waals surface area contributed by atoms with E-state index in [0.717, 1.165) is 45.3 Å². The van der Waals surface area contributed by atoms with E-state index in [2.05, 4.69) is 27.1 Å². The summed E-state index contributed by atoms with van der Waals surface area (Å²) in [4.78, 5) is 42.1. The van der Waals surface area contributed by atoms with Crippen LogP contribution in [-0.4, -0.2) is 77.3 Å². The predicted octanol–water partition coefficient (Wildman–Crippen LogP) is 3.74. The van der Waals surface area contributed by atoms with Gasteiger partial charge in [0.15, 0.2) is 6.23 Å². The highest BCUT2D eigenvalue weighted by Gasteiger charge is 2.24. The molecule has 5 rings (SSSR count). The minimum absolute atomic E-state index is 0.0292. The molecule has 8 nitrogen and oxygen atoms in total. The third-order valence-electron chi connectivity index (χ3n) is 6.77. The van der Waals surface area contributed by atoms with Gasteiger partial charge >= 0.3 is 0 Å². The Balaban J connectivity index is 1.48. The number of carbonyl (C=O) groups excluding carboxylic acids is 2. The molecule has 2 amide bonds. The van der Waals surface area contributed by atoms with E-state index in [1.807, 2.05) is 48.4 Å². The first-order valence-electron chi connectivity index (χ1n) is 12.1. The van der Waals surface area contributed by atoms with Gasteiger partial charge in [-0.15, -0.1) is 0 Å². The third kappa shape index (κ3) is 4.77. The van der Waals surface area contributed by atoms with Crippen LogP contribution in [0.3, 0.4) is 0 Å². The van der Waals surface area contributed by atoms with Gasteiger partial charge in [-0.3, -0.25) is 14.6 Å². The van der Waals surface area contributed by atoms with Gasteiger partial charge in [0, 0.05) is 69.4 Å². The van der Waals surface area contributed by atoms with Gasteiger partial charge in [0.1, 0.15) is 6.33 Å². The number of hydrogen-bond acceptors (Lipinski definition) is 6. The Morgan fingerprint density at radius 1 is 0.972 bits per heavy atom. The molecule has 3 heterocycles. The Morgan fingerprint density at radius 2 is 1.75 bits per heavy atom. The highest BCUT2D eigenvalue weighted by Crippen LogP contribution is 2.30. The van der Waals surface area contributed by atoms with Gasteiger partial charge in [-0.2, -0.15) is 0 Å². The summed E-state index contributed by atoms with van der Waals surface area (Å²) in [6, 6.07) is 12.0. The van der Waals surface area contributed by atoms with Crippen molar-refractivity contribution in [2.24, 2.45) is 4.99 Å². The lowest BCUT2D eigenvalue weighted by Gasteiger charge is -2.34. The van der Waals surface area contributed by atoms with Crippen LogP contribution in [0.2, 0.25) is 0 Å². The van der Waals surface area contributed by atoms with Crippen LogP contribution in [0, 0.1) is 6.92 Å². The standard InChI is InChI=1S/C28H29N5O3/c1-18-12-22(14-23(13-18)28(35)33-10-8-32(9-11-33)19(2)34)27-24-15-20(4-6-25(24)30-17-31-27)21-5-7-26(36-3)29-16-21/h4-6,12-17,26H,7-11H2,1-3H3. The van der Waals surface area contributed by atoms with Crippen LogP contribution in [0.4, 0.5) is 0 Å². The van der Waals surface area contributed by atoms with Crippen LogP contribution < -0.4 is 0 Å². The molecule has 2 aromatic carbocycles. The molecule has 0 bridgehead atoms. The van der Waals surface area contributed by atoms with Crippen molar-refractivity contribution in [3.63, 3.8) is 0 Å². The Morgan fingerprint density at radius 3 is 2.44 bits per heavy atom. The topological polar surface area (TPSA) is 88.0 Å². The molecular formula is C28H29N5O3. The number of rotatable bonds is 4. The average molecular weight is 484 g/mol. The number of amides is 2. The van der Waals surface area contributed by atoms with Gasteiger partial charge in [0.2, 0.25) is 5.91 Å². The summed E-state index contributed by atoms with van der Waals surface area (Å²) in [6.07, 6.45) is 6.12. The first kappa shape index (κ1) is 23.8. The van der Waals surface area contributed by atoms with E-state index in [1.165, 1.54) is 0 Å². The van der Waals surface area contributed by atoms with Gasteiger partial charge in [0.05, 0.1) is 11.2 Å². The van der Waals surface area contributed by atoms with Gasteiger partial charge in [-0.05, 0) is 54.0 Å².